The molecule has 2 aromatic rings. The van der Waals surface area contributed by atoms with E-state index in [1.54, 1.807) is 42.7 Å². The highest BCUT2D eigenvalue weighted by Gasteiger charge is 2.16. The summed E-state index contributed by atoms with van der Waals surface area (Å²) in [6, 6.07) is 9.88. The molecule has 0 aliphatic rings. The number of hydrogen-bond donors (Lipinski definition) is 2. The second-order valence-corrected chi connectivity index (χ2v) is 5.87. The summed E-state index contributed by atoms with van der Waals surface area (Å²) < 4.78 is 27.2. The summed E-state index contributed by atoms with van der Waals surface area (Å²) in [5.74, 6) is 5.09. The molecule has 0 bridgehead atoms. The van der Waals surface area contributed by atoms with Crippen LogP contribution in [0.2, 0.25) is 0 Å². The fraction of sp³-hybridized carbons (Fsp3) is 0.133. The quantitative estimate of drug-likeness (QED) is 0.823. The highest BCUT2D eigenvalue weighted by atomic mass is 32.2. The van der Waals surface area contributed by atoms with Crippen LogP contribution >= 0.6 is 0 Å². The normalized spacial score (nSPS) is 10.7. The highest BCUT2D eigenvalue weighted by Crippen LogP contribution is 2.14. The molecule has 21 heavy (non-hydrogen) atoms. The average molecular weight is 302 g/mol. The van der Waals surface area contributed by atoms with Crippen molar-refractivity contribution < 1.29 is 13.5 Å². The van der Waals surface area contributed by atoms with Crippen LogP contribution in [0.5, 0.6) is 0 Å². The van der Waals surface area contributed by atoms with E-state index in [4.69, 9.17) is 5.11 Å². The molecular formula is C15H14N2O3S. The molecule has 5 nitrogen and oxygen atoms in total. The molecule has 0 saturated heterocycles. The molecule has 1 aromatic carbocycles. The standard InChI is InChI=1S/C15H14N2O3S/c18-11-3-5-14-4-1-2-6-15(14)21(19,20)17-12-13-7-9-16-10-8-13/h1-2,4,6-10,17-18H,11-12H2. The van der Waals surface area contributed by atoms with Gasteiger partial charge in [0.05, 0.1) is 4.90 Å². The van der Waals surface area contributed by atoms with Crippen molar-refractivity contribution in [1.82, 2.24) is 9.71 Å². The van der Waals surface area contributed by atoms with Gasteiger partial charge in [-0.3, -0.25) is 4.98 Å². The summed E-state index contributed by atoms with van der Waals surface area (Å²) in [4.78, 5) is 3.97. The molecule has 0 aliphatic carbocycles. The molecule has 0 fully saturated rings. The van der Waals surface area contributed by atoms with Crippen LogP contribution in [0.25, 0.3) is 0 Å². The van der Waals surface area contributed by atoms with Gasteiger partial charge in [-0.25, -0.2) is 13.1 Å². The van der Waals surface area contributed by atoms with E-state index in [-0.39, 0.29) is 18.0 Å². The number of aromatic nitrogens is 1. The van der Waals surface area contributed by atoms with Crippen LogP contribution < -0.4 is 4.72 Å². The van der Waals surface area contributed by atoms with Crippen molar-refractivity contribution in [2.24, 2.45) is 0 Å². The molecular weight excluding hydrogens is 288 g/mol. The lowest BCUT2D eigenvalue weighted by Crippen LogP contribution is -2.24. The third kappa shape index (κ3) is 4.13. The number of aliphatic hydroxyl groups is 1. The van der Waals surface area contributed by atoms with Crippen molar-refractivity contribution in [3.05, 3.63) is 59.9 Å². The van der Waals surface area contributed by atoms with Crippen molar-refractivity contribution in [2.75, 3.05) is 6.61 Å². The number of hydrogen-bond acceptors (Lipinski definition) is 4. The summed E-state index contributed by atoms with van der Waals surface area (Å²) in [5.41, 5.74) is 1.17. The van der Waals surface area contributed by atoms with Gasteiger partial charge in [-0.05, 0) is 29.8 Å². The minimum Gasteiger partial charge on any atom is -0.384 e. The maximum absolute atomic E-state index is 12.3. The number of nitrogens with zero attached hydrogens (tertiary/aromatic N) is 1. The Morgan fingerprint density at radius 2 is 1.86 bits per heavy atom. The lowest BCUT2D eigenvalue weighted by Gasteiger charge is -2.08. The molecule has 0 spiro atoms. The van der Waals surface area contributed by atoms with E-state index in [0.29, 0.717) is 5.56 Å². The zero-order valence-electron chi connectivity index (χ0n) is 11.2. The molecule has 0 radical (unpaired) electrons. The van der Waals surface area contributed by atoms with Gasteiger partial charge >= 0.3 is 0 Å². The Morgan fingerprint density at radius 1 is 1.14 bits per heavy atom. The van der Waals surface area contributed by atoms with Gasteiger partial charge in [-0.2, -0.15) is 0 Å². The van der Waals surface area contributed by atoms with E-state index in [1.165, 1.54) is 6.07 Å². The SMILES string of the molecule is O=S(=O)(NCc1ccncc1)c1ccccc1C#CCO. The second-order valence-electron chi connectivity index (χ2n) is 4.14. The zero-order chi connectivity index (χ0) is 15.1. The van der Waals surface area contributed by atoms with Gasteiger partial charge in [-0.15, -0.1) is 0 Å². The Hall–Kier alpha value is -2.20. The Bertz CT molecular complexity index is 762. The maximum atomic E-state index is 12.3. The molecule has 2 rings (SSSR count). The van der Waals surface area contributed by atoms with Crippen LogP contribution in [0.15, 0.2) is 53.7 Å². The highest BCUT2D eigenvalue weighted by molar-refractivity contribution is 7.89. The Kier molecular flexibility index (Phi) is 5.06. The first-order chi connectivity index (χ1) is 10.1. The van der Waals surface area contributed by atoms with Crippen LogP contribution in [-0.4, -0.2) is 25.1 Å². The Balaban J connectivity index is 2.24. The van der Waals surface area contributed by atoms with Crippen LogP contribution in [0.4, 0.5) is 0 Å². The van der Waals surface area contributed by atoms with E-state index in [9.17, 15) is 8.42 Å². The lowest BCUT2D eigenvalue weighted by molar-refractivity contribution is 0.350. The van der Waals surface area contributed by atoms with E-state index in [1.807, 2.05) is 0 Å². The first-order valence-corrected chi connectivity index (χ1v) is 7.69. The van der Waals surface area contributed by atoms with E-state index in [2.05, 4.69) is 21.5 Å². The number of nitrogens with one attached hydrogen (secondary N) is 1. The van der Waals surface area contributed by atoms with Gasteiger partial charge in [-0.1, -0.05) is 24.0 Å². The molecule has 1 aromatic heterocycles. The molecule has 0 atom stereocenters. The summed E-state index contributed by atoms with van der Waals surface area (Å²) in [7, 11) is -3.67. The molecule has 0 unspecified atom stereocenters. The van der Waals surface area contributed by atoms with Gasteiger partial charge in [0.2, 0.25) is 10.0 Å². The summed E-state index contributed by atoms with van der Waals surface area (Å²) in [6.45, 7) is -0.147. The smallest absolute Gasteiger partial charge is 0.242 e. The minimum absolute atomic E-state index is 0.0972. The third-order valence-corrected chi connectivity index (χ3v) is 4.15. The number of pyridine rings is 1. The van der Waals surface area contributed by atoms with Gasteiger partial charge in [0.25, 0.3) is 0 Å². The molecule has 1 heterocycles. The molecule has 0 saturated carbocycles. The topological polar surface area (TPSA) is 79.3 Å². The van der Waals surface area contributed by atoms with Crippen LogP contribution in [0.1, 0.15) is 11.1 Å². The van der Waals surface area contributed by atoms with E-state index in [0.717, 1.165) is 5.56 Å². The second kappa shape index (κ2) is 6.99. The molecule has 0 aliphatic heterocycles. The summed E-state index contributed by atoms with van der Waals surface area (Å²) in [6.07, 6.45) is 3.20. The zero-order valence-corrected chi connectivity index (χ0v) is 12.0. The minimum atomic E-state index is -3.67. The predicted octanol–water partition coefficient (Wildman–Crippen LogP) is 0.904. The Labute approximate surface area is 123 Å². The van der Waals surface area contributed by atoms with Crippen LogP contribution in [0.3, 0.4) is 0 Å². The van der Waals surface area contributed by atoms with Gasteiger partial charge in [0.15, 0.2) is 0 Å². The number of benzene rings is 1. The maximum Gasteiger partial charge on any atom is 0.242 e. The lowest BCUT2D eigenvalue weighted by atomic mass is 10.2. The summed E-state index contributed by atoms with van der Waals surface area (Å²) >= 11 is 0. The van der Waals surface area contributed by atoms with Crippen molar-refractivity contribution in [3.63, 3.8) is 0 Å². The van der Waals surface area contributed by atoms with Crippen molar-refractivity contribution in [3.8, 4) is 11.8 Å². The molecule has 0 amide bonds. The van der Waals surface area contributed by atoms with Crippen molar-refractivity contribution in [2.45, 2.75) is 11.4 Å². The van der Waals surface area contributed by atoms with E-state index < -0.39 is 10.0 Å². The van der Waals surface area contributed by atoms with Crippen LogP contribution in [0, 0.1) is 11.8 Å². The first kappa shape index (κ1) is 15.2. The average Bonchev–Trinajstić information content (AvgIpc) is 2.52. The number of sulfonamides is 1. The first-order valence-electron chi connectivity index (χ1n) is 6.21. The fourth-order valence-corrected chi connectivity index (χ4v) is 2.87. The monoisotopic (exact) mass is 302 g/mol. The van der Waals surface area contributed by atoms with E-state index >= 15 is 0 Å². The number of aliphatic hydroxyl groups excluding tert-OH is 1. The van der Waals surface area contributed by atoms with Crippen molar-refractivity contribution in [1.29, 1.82) is 0 Å². The predicted molar refractivity (Wildman–Crippen MR) is 78.7 cm³/mol. The molecule has 6 heteroatoms. The largest absolute Gasteiger partial charge is 0.384 e. The molecule has 2 N–H and O–H groups in total. The van der Waals surface area contributed by atoms with Crippen molar-refractivity contribution >= 4 is 10.0 Å². The molecule has 108 valence electrons. The van der Waals surface area contributed by atoms with Crippen LogP contribution in [-0.2, 0) is 16.6 Å². The van der Waals surface area contributed by atoms with Gasteiger partial charge < -0.3 is 5.11 Å². The third-order valence-electron chi connectivity index (χ3n) is 2.69. The van der Waals surface area contributed by atoms with Gasteiger partial charge in [0.1, 0.15) is 6.61 Å². The fourth-order valence-electron chi connectivity index (χ4n) is 1.70. The number of rotatable bonds is 4. The van der Waals surface area contributed by atoms with Gasteiger partial charge in [0, 0.05) is 24.5 Å². The Morgan fingerprint density at radius 3 is 2.57 bits per heavy atom. The summed E-state index contributed by atoms with van der Waals surface area (Å²) in [5, 5.41) is 8.73.